The lowest BCUT2D eigenvalue weighted by atomic mass is 10.2. The first-order chi connectivity index (χ1) is 14.2. The Morgan fingerprint density at radius 3 is 2.43 bits per heavy atom. The van der Waals surface area contributed by atoms with E-state index < -0.39 is 24.1 Å². The first-order valence-electron chi connectivity index (χ1n) is 8.28. The highest BCUT2D eigenvalue weighted by Crippen LogP contribution is 2.24. The number of rotatable bonds is 4. The van der Waals surface area contributed by atoms with Crippen LogP contribution in [0.5, 0.6) is 5.75 Å². The molecule has 152 valence electrons. The Kier molecular flexibility index (Phi) is 5.68. The van der Waals surface area contributed by atoms with E-state index >= 15 is 0 Å². The van der Waals surface area contributed by atoms with E-state index in [4.69, 9.17) is 5.26 Å². The molecule has 0 atom stereocenters. The molecule has 0 aliphatic heterocycles. The molecule has 1 aromatic heterocycles. The Balaban J connectivity index is 1.63. The summed E-state index contributed by atoms with van der Waals surface area (Å²) in [6, 6.07) is 13.3. The smallest absolute Gasteiger partial charge is 0.406 e. The van der Waals surface area contributed by atoms with Gasteiger partial charge in [-0.25, -0.2) is 4.79 Å². The van der Waals surface area contributed by atoms with Crippen LogP contribution in [0.2, 0.25) is 0 Å². The number of aromatic nitrogens is 2. The van der Waals surface area contributed by atoms with Crippen LogP contribution in [0.15, 0.2) is 60.8 Å². The first kappa shape index (κ1) is 20.4. The lowest BCUT2D eigenvalue weighted by Crippen LogP contribution is -2.21. The number of ether oxygens (including phenoxy) is 1. The number of anilines is 2. The predicted octanol–water partition coefficient (Wildman–Crippen LogP) is 3.99. The van der Waals surface area contributed by atoms with Gasteiger partial charge in [0.15, 0.2) is 5.69 Å². The lowest BCUT2D eigenvalue weighted by molar-refractivity contribution is -0.274. The minimum Gasteiger partial charge on any atom is -0.406 e. The van der Waals surface area contributed by atoms with Crippen molar-refractivity contribution in [3.05, 3.63) is 72.1 Å². The molecule has 0 aliphatic rings. The lowest BCUT2D eigenvalue weighted by Gasteiger charge is -2.09. The number of carbonyl (C=O) groups is 2. The Morgan fingerprint density at radius 2 is 1.77 bits per heavy atom. The minimum atomic E-state index is -4.81. The summed E-state index contributed by atoms with van der Waals surface area (Å²) in [5, 5.41) is 17.7. The number of nitrogens with zero attached hydrogens (tertiary/aromatic N) is 3. The summed E-state index contributed by atoms with van der Waals surface area (Å²) in [5.74, 6) is -1.02. The Bertz CT molecular complexity index is 1120. The van der Waals surface area contributed by atoms with Crippen LogP contribution in [-0.2, 0) is 0 Å². The van der Waals surface area contributed by atoms with Crippen LogP contribution in [0.25, 0.3) is 0 Å². The third kappa shape index (κ3) is 5.35. The molecular formula is C19H12F3N5O3. The molecule has 2 N–H and O–H groups in total. The van der Waals surface area contributed by atoms with E-state index in [1.165, 1.54) is 30.5 Å². The minimum absolute atomic E-state index is 0.0542. The molecule has 8 nitrogen and oxygen atoms in total. The Labute approximate surface area is 167 Å². The maximum absolute atomic E-state index is 12.3. The summed E-state index contributed by atoms with van der Waals surface area (Å²) in [5.41, 5.74) is 0.898. The largest absolute Gasteiger partial charge is 0.573 e. The van der Waals surface area contributed by atoms with Crippen molar-refractivity contribution in [3.8, 4) is 11.8 Å². The molecule has 0 aliphatic carbocycles. The average molecular weight is 415 g/mol. The van der Waals surface area contributed by atoms with Crippen molar-refractivity contribution in [2.45, 2.75) is 6.36 Å². The van der Waals surface area contributed by atoms with E-state index in [0.29, 0.717) is 11.3 Å². The van der Waals surface area contributed by atoms with Crippen molar-refractivity contribution in [1.82, 2.24) is 9.78 Å². The highest BCUT2D eigenvalue weighted by atomic mass is 19.4. The van der Waals surface area contributed by atoms with Gasteiger partial charge in [0.2, 0.25) is 0 Å². The summed E-state index contributed by atoms with van der Waals surface area (Å²) >= 11 is 0. The topological polar surface area (TPSA) is 109 Å². The number of alkyl halides is 3. The number of hydrogen-bond acceptors (Lipinski definition) is 5. The molecule has 0 saturated carbocycles. The first-order valence-corrected chi connectivity index (χ1v) is 8.28. The molecular weight excluding hydrogens is 403 g/mol. The van der Waals surface area contributed by atoms with Gasteiger partial charge in [0.25, 0.3) is 5.91 Å². The van der Waals surface area contributed by atoms with Crippen molar-refractivity contribution in [3.63, 3.8) is 0 Å². The molecule has 3 rings (SSSR count). The van der Waals surface area contributed by atoms with Crippen LogP contribution < -0.4 is 15.4 Å². The van der Waals surface area contributed by atoms with E-state index in [9.17, 15) is 22.8 Å². The molecule has 2 amide bonds. The van der Waals surface area contributed by atoms with E-state index in [0.717, 1.165) is 16.8 Å². The van der Waals surface area contributed by atoms with Crippen LogP contribution in [-0.4, -0.2) is 28.1 Å². The molecule has 1 heterocycles. The molecule has 30 heavy (non-hydrogen) atoms. The van der Waals surface area contributed by atoms with Gasteiger partial charge < -0.3 is 15.4 Å². The second-order valence-electron chi connectivity index (χ2n) is 5.79. The molecule has 0 spiro atoms. The van der Waals surface area contributed by atoms with Gasteiger partial charge in [0, 0.05) is 17.6 Å². The predicted molar refractivity (Wildman–Crippen MR) is 98.9 cm³/mol. The second-order valence-corrected chi connectivity index (χ2v) is 5.79. The summed E-state index contributed by atoms with van der Waals surface area (Å²) in [6.45, 7) is 0. The zero-order valence-electron chi connectivity index (χ0n) is 15.0. The van der Waals surface area contributed by atoms with Crippen LogP contribution in [0.3, 0.4) is 0 Å². The molecule has 0 unspecified atom stereocenters. The summed E-state index contributed by atoms with van der Waals surface area (Å²) < 4.78 is 41.1. The van der Waals surface area contributed by atoms with Crippen LogP contribution in [0, 0.1) is 11.3 Å². The number of amides is 2. The Hall–Kier alpha value is -4.33. The third-order valence-electron chi connectivity index (χ3n) is 3.62. The summed E-state index contributed by atoms with van der Waals surface area (Å²) in [7, 11) is 0. The van der Waals surface area contributed by atoms with E-state index in [1.807, 2.05) is 6.07 Å². The molecule has 0 radical (unpaired) electrons. The van der Waals surface area contributed by atoms with Gasteiger partial charge in [0.1, 0.15) is 5.75 Å². The average Bonchev–Trinajstić information content (AvgIpc) is 3.19. The van der Waals surface area contributed by atoms with Gasteiger partial charge in [-0.2, -0.15) is 15.0 Å². The fourth-order valence-electron chi connectivity index (χ4n) is 2.34. The zero-order valence-corrected chi connectivity index (χ0v) is 15.0. The van der Waals surface area contributed by atoms with Gasteiger partial charge in [-0.05, 0) is 48.5 Å². The van der Waals surface area contributed by atoms with Crippen molar-refractivity contribution >= 4 is 23.3 Å². The zero-order chi connectivity index (χ0) is 21.7. The number of hydrogen-bond donors (Lipinski definition) is 2. The van der Waals surface area contributed by atoms with Crippen LogP contribution in [0.1, 0.15) is 16.1 Å². The van der Waals surface area contributed by atoms with Gasteiger partial charge in [-0.1, -0.05) is 6.07 Å². The standard InChI is InChI=1S/C19H12F3N5O3/c20-19(21,22)30-15-6-4-13(5-7-15)25-18(29)27-9-8-16(26-27)17(28)24-14-3-1-2-12(10-14)11-23/h1-10H,(H,24,28)(H,25,29). The number of halogens is 3. The normalized spacial score (nSPS) is 10.7. The molecule has 11 heteroatoms. The van der Waals surface area contributed by atoms with Gasteiger partial charge in [-0.3, -0.25) is 4.79 Å². The highest BCUT2D eigenvalue weighted by molar-refractivity contribution is 6.03. The quantitative estimate of drug-likeness (QED) is 0.670. The SMILES string of the molecule is N#Cc1cccc(NC(=O)c2ccn(C(=O)Nc3ccc(OC(F)(F)F)cc3)n2)c1. The fraction of sp³-hybridized carbons (Fsp3) is 0.0526. The van der Waals surface area contributed by atoms with Crippen molar-refractivity contribution in [2.24, 2.45) is 0 Å². The summed E-state index contributed by atoms with van der Waals surface area (Å²) in [4.78, 5) is 24.5. The van der Waals surface area contributed by atoms with E-state index in [-0.39, 0.29) is 11.4 Å². The number of nitriles is 1. The fourth-order valence-corrected chi connectivity index (χ4v) is 2.34. The monoisotopic (exact) mass is 415 g/mol. The number of nitrogens with one attached hydrogen (secondary N) is 2. The van der Waals surface area contributed by atoms with Crippen molar-refractivity contribution in [2.75, 3.05) is 10.6 Å². The van der Waals surface area contributed by atoms with Crippen molar-refractivity contribution in [1.29, 1.82) is 5.26 Å². The van der Waals surface area contributed by atoms with E-state index in [2.05, 4.69) is 20.5 Å². The van der Waals surface area contributed by atoms with Crippen LogP contribution >= 0.6 is 0 Å². The summed E-state index contributed by atoms with van der Waals surface area (Å²) in [6.07, 6.45) is -3.57. The molecule has 0 saturated heterocycles. The second kappa shape index (κ2) is 8.36. The molecule has 3 aromatic rings. The maximum atomic E-state index is 12.3. The maximum Gasteiger partial charge on any atom is 0.573 e. The van der Waals surface area contributed by atoms with Gasteiger partial charge >= 0.3 is 12.4 Å². The van der Waals surface area contributed by atoms with Gasteiger partial charge in [-0.15, -0.1) is 13.2 Å². The third-order valence-corrected chi connectivity index (χ3v) is 3.62. The Morgan fingerprint density at radius 1 is 1.03 bits per heavy atom. The molecule has 0 fully saturated rings. The molecule has 0 bridgehead atoms. The number of benzene rings is 2. The highest BCUT2D eigenvalue weighted by Gasteiger charge is 2.31. The molecule has 2 aromatic carbocycles. The van der Waals surface area contributed by atoms with Gasteiger partial charge in [0.05, 0.1) is 11.6 Å². The van der Waals surface area contributed by atoms with Crippen molar-refractivity contribution < 1.29 is 27.5 Å². The number of carbonyl (C=O) groups excluding carboxylic acids is 2. The van der Waals surface area contributed by atoms with Crippen LogP contribution in [0.4, 0.5) is 29.3 Å². The van der Waals surface area contributed by atoms with E-state index in [1.54, 1.807) is 18.2 Å².